The van der Waals surface area contributed by atoms with Gasteiger partial charge in [0.15, 0.2) is 0 Å². The molecule has 2 aromatic heterocycles. The quantitative estimate of drug-likeness (QED) is 0.198. The molecular weight excluding hydrogens is 546 g/mol. The van der Waals surface area contributed by atoms with E-state index in [-0.39, 0.29) is 12.5 Å². The van der Waals surface area contributed by atoms with Gasteiger partial charge in [-0.15, -0.1) is 0 Å². The van der Waals surface area contributed by atoms with Crippen LogP contribution in [0.2, 0.25) is 0 Å². The van der Waals surface area contributed by atoms with Crippen LogP contribution in [0, 0.1) is 0 Å². The minimum Gasteiger partial charge on any atom is -0.494 e. The lowest BCUT2D eigenvalue weighted by atomic mass is 9.83. The van der Waals surface area contributed by atoms with Gasteiger partial charge in [0.05, 0.1) is 29.9 Å². The lowest BCUT2D eigenvalue weighted by molar-refractivity contribution is -0.111. The van der Waals surface area contributed by atoms with Crippen LogP contribution in [-0.4, -0.2) is 70.8 Å². The van der Waals surface area contributed by atoms with Gasteiger partial charge in [0.25, 0.3) is 0 Å². The lowest BCUT2D eigenvalue weighted by Crippen LogP contribution is -2.34. The molecule has 0 aliphatic carbocycles. The van der Waals surface area contributed by atoms with Gasteiger partial charge in [0, 0.05) is 74.7 Å². The number of nitrogens with zero attached hydrogens (tertiary/aromatic N) is 5. The number of fused-ring (bicyclic) bond motifs is 1. The van der Waals surface area contributed by atoms with E-state index >= 15 is 0 Å². The van der Waals surface area contributed by atoms with Gasteiger partial charge < -0.3 is 34.8 Å². The third-order valence-electron chi connectivity index (χ3n) is 7.25. The molecule has 43 heavy (non-hydrogen) atoms. The van der Waals surface area contributed by atoms with Crippen molar-refractivity contribution < 1.29 is 19.4 Å². The summed E-state index contributed by atoms with van der Waals surface area (Å²) in [6.07, 6.45) is 3.94. The van der Waals surface area contributed by atoms with Gasteiger partial charge in [-0.25, -0.2) is 14.8 Å². The second-order valence-electron chi connectivity index (χ2n) is 11.4. The number of carbonyl (C=O) groups excluding carboxylic acids is 1. The molecule has 226 valence electrons. The molecule has 0 radical (unpaired) electrons. The van der Waals surface area contributed by atoms with E-state index in [9.17, 15) is 14.7 Å². The Kier molecular flexibility index (Phi) is 8.93. The molecular formula is C32H39N7O4. The first-order valence-corrected chi connectivity index (χ1v) is 13.8. The van der Waals surface area contributed by atoms with Crippen molar-refractivity contribution in [2.24, 2.45) is 7.05 Å². The highest BCUT2D eigenvalue weighted by atomic mass is 16.5. The van der Waals surface area contributed by atoms with E-state index < -0.39 is 11.5 Å². The zero-order valence-electron chi connectivity index (χ0n) is 25.7. The first-order chi connectivity index (χ1) is 20.3. The van der Waals surface area contributed by atoms with Gasteiger partial charge in [-0.1, -0.05) is 45.5 Å². The molecule has 0 fully saturated rings. The Morgan fingerprint density at radius 1 is 1.14 bits per heavy atom. The van der Waals surface area contributed by atoms with Crippen molar-refractivity contribution in [3.8, 4) is 17.0 Å². The Bertz CT molecular complexity index is 1670. The summed E-state index contributed by atoms with van der Waals surface area (Å²) in [4.78, 5) is 36.6. The number of carboxylic acid groups (broad SMARTS) is 1. The molecule has 2 heterocycles. The van der Waals surface area contributed by atoms with Crippen molar-refractivity contribution in [3.63, 3.8) is 0 Å². The number of hydrogen-bond acceptors (Lipinski definition) is 7. The molecule has 0 unspecified atom stereocenters. The topological polar surface area (TPSA) is 125 Å². The van der Waals surface area contributed by atoms with Crippen LogP contribution in [0.15, 0.2) is 61.4 Å². The number of carbonyl (C=O) groups is 2. The molecule has 2 aromatic carbocycles. The maximum Gasteiger partial charge on any atom is 0.407 e. The summed E-state index contributed by atoms with van der Waals surface area (Å²) >= 11 is 0. The highest BCUT2D eigenvalue weighted by Gasteiger charge is 2.30. The van der Waals surface area contributed by atoms with Gasteiger partial charge in [0.1, 0.15) is 5.75 Å². The number of aryl methyl sites for hydroxylation is 1. The molecule has 0 aliphatic heterocycles. The van der Waals surface area contributed by atoms with Crippen LogP contribution in [0.4, 0.5) is 27.8 Å². The van der Waals surface area contributed by atoms with Crippen molar-refractivity contribution in [2.75, 3.05) is 49.8 Å². The van der Waals surface area contributed by atoms with Crippen molar-refractivity contribution in [1.29, 1.82) is 0 Å². The van der Waals surface area contributed by atoms with Crippen LogP contribution in [0.1, 0.15) is 26.3 Å². The molecule has 0 aliphatic rings. The number of ether oxygens (including phenoxy) is 1. The predicted octanol–water partition coefficient (Wildman–Crippen LogP) is 5.86. The minimum atomic E-state index is -1.02. The molecule has 0 spiro atoms. The summed E-state index contributed by atoms with van der Waals surface area (Å²) in [5.41, 5.74) is 4.90. The average Bonchev–Trinajstić information content (AvgIpc) is 3.31. The number of methoxy groups -OCH3 is 1. The number of rotatable bonds is 10. The minimum absolute atomic E-state index is 0.253. The molecule has 2 amide bonds. The van der Waals surface area contributed by atoms with Crippen molar-refractivity contribution in [3.05, 3.63) is 67.0 Å². The maximum atomic E-state index is 12.7. The zero-order chi connectivity index (χ0) is 31.5. The first-order valence-electron chi connectivity index (χ1n) is 13.8. The van der Waals surface area contributed by atoms with Gasteiger partial charge in [-0.3, -0.25) is 4.79 Å². The highest BCUT2D eigenvalue weighted by molar-refractivity contribution is 6.04. The third-order valence-corrected chi connectivity index (χ3v) is 7.25. The normalized spacial score (nSPS) is 11.2. The fourth-order valence-electron chi connectivity index (χ4n) is 5.02. The van der Waals surface area contributed by atoms with Crippen LogP contribution in [0.25, 0.3) is 22.2 Å². The summed E-state index contributed by atoms with van der Waals surface area (Å²) in [5.74, 6) is 0.488. The first kappa shape index (κ1) is 30.9. The molecule has 0 atom stereocenters. The smallest absolute Gasteiger partial charge is 0.407 e. The Labute approximate surface area is 251 Å². The lowest BCUT2D eigenvalue weighted by Gasteiger charge is -2.33. The molecule has 0 bridgehead atoms. The third kappa shape index (κ3) is 6.56. The van der Waals surface area contributed by atoms with Crippen LogP contribution in [0.3, 0.4) is 0 Å². The Hall–Kier alpha value is -5.06. The fraction of sp³-hybridized carbons (Fsp3) is 0.312. The van der Waals surface area contributed by atoms with Crippen LogP contribution in [0.5, 0.6) is 5.75 Å². The number of amides is 2. The van der Waals surface area contributed by atoms with E-state index in [1.54, 1.807) is 13.3 Å². The van der Waals surface area contributed by atoms with Crippen molar-refractivity contribution in [2.45, 2.75) is 26.2 Å². The summed E-state index contributed by atoms with van der Waals surface area (Å²) in [5, 5.41) is 16.8. The number of benzene rings is 2. The Morgan fingerprint density at radius 3 is 2.51 bits per heavy atom. The van der Waals surface area contributed by atoms with Crippen LogP contribution >= 0.6 is 0 Å². The second kappa shape index (κ2) is 12.4. The molecule has 11 nitrogen and oxygen atoms in total. The van der Waals surface area contributed by atoms with Crippen LogP contribution < -0.4 is 20.3 Å². The Balaban J connectivity index is 1.85. The molecule has 3 N–H and O–H groups in total. The van der Waals surface area contributed by atoms with E-state index in [0.717, 1.165) is 27.7 Å². The van der Waals surface area contributed by atoms with Gasteiger partial charge in [-0.05, 0) is 23.6 Å². The number of para-hydroxylation sites is 1. The van der Waals surface area contributed by atoms with Crippen molar-refractivity contribution in [1.82, 2.24) is 19.4 Å². The molecule has 0 saturated heterocycles. The molecule has 4 rings (SSSR count). The highest BCUT2D eigenvalue weighted by Crippen LogP contribution is 2.48. The monoisotopic (exact) mass is 585 g/mol. The SMILES string of the molecule is C=CC(=O)Nc1c(N(C)CCN(C)C(=O)O)cc(OC)c(Nc2nccc(-c3cn(C)c4ccccc34)n2)c1C(C)(C)C. The van der Waals surface area contributed by atoms with Crippen LogP contribution in [-0.2, 0) is 17.3 Å². The van der Waals surface area contributed by atoms with Gasteiger partial charge in [0.2, 0.25) is 11.9 Å². The summed E-state index contributed by atoms with van der Waals surface area (Å²) in [6.45, 7) is 10.4. The number of nitrogens with one attached hydrogen (secondary N) is 2. The summed E-state index contributed by atoms with van der Waals surface area (Å²) < 4.78 is 7.95. The van der Waals surface area contributed by atoms with E-state index in [0.29, 0.717) is 35.3 Å². The average molecular weight is 586 g/mol. The summed E-state index contributed by atoms with van der Waals surface area (Å²) in [7, 11) is 6.93. The molecule has 11 heteroatoms. The number of aromatic nitrogens is 3. The summed E-state index contributed by atoms with van der Waals surface area (Å²) in [6, 6.07) is 11.8. The van der Waals surface area contributed by atoms with E-state index in [2.05, 4.69) is 38.9 Å². The fourth-order valence-corrected chi connectivity index (χ4v) is 5.02. The largest absolute Gasteiger partial charge is 0.494 e. The zero-order valence-corrected chi connectivity index (χ0v) is 25.7. The standard InChI is InChI=1S/C32H39N7O4/c1-9-26(40)35-28-24(37(5)16-17-38(6)31(41)42)18-25(43-8)29(27(28)32(2,3)4)36-30-33-15-14-22(34-30)21-19-39(7)23-13-11-10-12-20(21)23/h9-15,18-19H,1,16-17H2,2-8H3,(H,35,40)(H,41,42)(H,33,34,36). The van der Waals surface area contributed by atoms with Crippen molar-refractivity contribution >= 4 is 45.9 Å². The van der Waals surface area contributed by atoms with E-state index in [1.165, 1.54) is 18.0 Å². The number of anilines is 4. The predicted molar refractivity (Wildman–Crippen MR) is 172 cm³/mol. The van der Waals surface area contributed by atoms with Gasteiger partial charge >= 0.3 is 6.09 Å². The van der Waals surface area contributed by atoms with Gasteiger partial charge in [-0.2, -0.15) is 0 Å². The number of hydrogen-bond donors (Lipinski definition) is 3. The molecule has 0 saturated carbocycles. The number of likely N-dealkylation sites (N-methyl/N-ethyl adjacent to an activating group) is 2. The maximum absolute atomic E-state index is 12.7. The van der Waals surface area contributed by atoms with E-state index in [1.807, 2.05) is 70.2 Å². The van der Waals surface area contributed by atoms with E-state index in [4.69, 9.17) is 9.72 Å². The Morgan fingerprint density at radius 2 is 1.86 bits per heavy atom. The molecule has 4 aromatic rings. The second-order valence-corrected chi connectivity index (χ2v) is 11.4.